The van der Waals surface area contributed by atoms with Crippen molar-refractivity contribution < 1.29 is 32.2 Å². The predicted octanol–water partition coefficient (Wildman–Crippen LogP) is 3.01. The molecule has 32 heavy (non-hydrogen) atoms. The molecule has 1 atom stereocenters. The Balaban J connectivity index is 1.73. The van der Waals surface area contributed by atoms with E-state index in [1.807, 2.05) is 0 Å². The predicted molar refractivity (Wildman–Crippen MR) is 121 cm³/mol. The fraction of sp³-hybridized carbons (Fsp3) is 0.238. The van der Waals surface area contributed by atoms with Crippen LogP contribution in [0.4, 0.5) is 5.69 Å². The third-order valence-electron chi connectivity index (χ3n) is 4.56. The van der Waals surface area contributed by atoms with E-state index in [-0.39, 0.29) is 10.6 Å². The number of ether oxygens (including phenoxy) is 3. The fourth-order valence-corrected chi connectivity index (χ4v) is 5.09. The molecule has 0 bridgehead atoms. The molecule has 0 saturated carbocycles. The van der Waals surface area contributed by atoms with Crippen LogP contribution in [0.1, 0.15) is 16.6 Å². The first-order chi connectivity index (χ1) is 15.2. The van der Waals surface area contributed by atoms with Crippen molar-refractivity contribution in [2.45, 2.75) is 17.9 Å². The van der Waals surface area contributed by atoms with Gasteiger partial charge in [0.15, 0.2) is 11.5 Å². The second-order valence-electron chi connectivity index (χ2n) is 6.70. The van der Waals surface area contributed by atoms with Gasteiger partial charge in [0.25, 0.3) is 0 Å². The Morgan fingerprint density at radius 3 is 2.34 bits per heavy atom. The number of benzene rings is 2. The van der Waals surface area contributed by atoms with Crippen LogP contribution in [0.3, 0.4) is 0 Å². The minimum Gasteiger partial charge on any atom is -0.493 e. The molecule has 2 N–H and O–H groups in total. The minimum absolute atomic E-state index is 0.0650. The molecule has 2 aromatic carbocycles. The number of hydrogen-bond donors (Lipinski definition) is 2. The summed E-state index contributed by atoms with van der Waals surface area (Å²) in [5, 5.41) is 3.44. The van der Waals surface area contributed by atoms with Crippen LogP contribution < -0.4 is 19.5 Å². The Labute approximate surface area is 189 Å². The maximum Gasteiger partial charge on any atom is 0.348 e. The number of anilines is 1. The van der Waals surface area contributed by atoms with Crippen molar-refractivity contribution in [3.63, 3.8) is 0 Å². The van der Waals surface area contributed by atoms with Crippen LogP contribution >= 0.6 is 11.3 Å². The van der Waals surface area contributed by atoms with Crippen LogP contribution in [-0.4, -0.2) is 47.7 Å². The molecule has 11 heteroatoms. The average Bonchev–Trinajstić information content (AvgIpc) is 3.21. The summed E-state index contributed by atoms with van der Waals surface area (Å²) in [4.78, 5) is 24.7. The quantitative estimate of drug-likeness (QED) is 0.478. The summed E-state index contributed by atoms with van der Waals surface area (Å²) in [5.74, 6) is -0.342. The molecule has 9 nitrogen and oxygen atoms in total. The van der Waals surface area contributed by atoms with Gasteiger partial charge in [-0.1, -0.05) is 0 Å². The first-order valence-corrected chi connectivity index (χ1v) is 11.7. The third-order valence-corrected chi connectivity index (χ3v) is 7.20. The van der Waals surface area contributed by atoms with Gasteiger partial charge in [-0.05, 0) is 48.7 Å². The van der Waals surface area contributed by atoms with E-state index >= 15 is 0 Å². The molecule has 170 valence electrons. The highest BCUT2D eigenvalue weighted by atomic mass is 32.2. The number of hydrogen-bond acceptors (Lipinski definition) is 8. The van der Waals surface area contributed by atoms with E-state index in [1.54, 1.807) is 24.3 Å². The van der Waals surface area contributed by atoms with E-state index in [0.717, 1.165) is 10.1 Å². The average molecular weight is 479 g/mol. The van der Waals surface area contributed by atoms with Gasteiger partial charge in [-0.3, -0.25) is 4.79 Å². The Hall–Kier alpha value is -3.15. The van der Waals surface area contributed by atoms with E-state index < -0.39 is 27.9 Å². The second kappa shape index (κ2) is 9.55. The summed E-state index contributed by atoms with van der Waals surface area (Å²) < 4.78 is 43.6. The minimum atomic E-state index is -3.99. The van der Waals surface area contributed by atoms with Gasteiger partial charge in [0.05, 0.1) is 32.3 Å². The third kappa shape index (κ3) is 5.01. The lowest BCUT2D eigenvalue weighted by atomic mass is 10.2. The summed E-state index contributed by atoms with van der Waals surface area (Å²) in [6.07, 6.45) is 0. The number of sulfonamides is 1. The van der Waals surface area contributed by atoms with Crippen LogP contribution in [0.15, 0.2) is 47.4 Å². The summed E-state index contributed by atoms with van der Waals surface area (Å²) in [6.45, 7) is 1.44. The van der Waals surface area contributed by atoms with Crippen molar-refractivity contribution in [1.82, 2.24) is 4.72 Å². The molecule has 0 fully saturated rings. The molecular formula is C21H22N2O7S2. The van der Waals surface area contributed by atoms with Crippen molar-refractivity contribution in [1.29, 1.82) is 0 Å². The molecule has 0 aliphatic heterocycles. The van der Waals surface area contributed by atoms with Crippen molar-refractivity contribution >= 4 is 49.0 Å². The zero-order chi connectivity index (χ0) is 23.5. The molecule has 1 heterocycles. The lowest BCUT2D eigenvalue weighted by molar-refractivity contribution is -0.117. The van der Waals surface area contributed by atoms with Crippen LogP contribution in [0.25, 0.3) is 10.1 Å². The number of nitrogens with one attached hydrogen (secondary N) is 2. The zero-order valence-electron chi connectivity index (χ0n) is 17.8. The number of amides is 1. The number of carbonyl (C=O) groups excluding carboxylic acids is 2. The van der Waals surface area contributed by atoms with Crippen molar-refractivity contribution in [2.75, 3.05) is 26.6 Å². The number of fused-ring (bicyclic) bond motifs is 1. The largest absolute Gasteiger partial charge is 0.493 e. The topological polar surface area (TPSA) is 120 Å². The van der Waals surface area contributed by atoms with Crippen LogP contribution in [0, 0.1) is 0 Å². The number of thiophene rings is 1. The van der Waals surface area contributed by atoms with Crippen LogP contribution in [0.2, 0.25) is 0 Å². The van der Waals surface area contributed by atoms with Crippen molar-refractivity contribution in [3.05, 3.63) is 47.3 Å². The summed E-state index contributed by atoms with van der Waals surface area (Å²) in [7, 11) is 0.158. The van der Waals surface area contributed by atoms with E-state index in [2.05, 4.69) is 10.0 Å². The molecule has 0 spiro atoms. The highest BCUT2D eigenvalue weighted by molar-refractivity contribution is 7.89. The van der Waals surface area contributed by atoms with Gasteiger partial charge in [-0.2, -0.15) is 4.72 Å². The second-order valence-corrected chi connectivity index (χ2v) is 9.50. The zero-order valence-corrected chi connectivity index (χ0v) is 19.4. The molecule has 0 aliphatic carbocycles. The van der Waals surface area contributed by atoms with Gasteiger partial charge in [0.2, 0.25) is 15.9 Å². The molecule has 3 aromatic rings. The number of carbonyl (C=O) groups is 2. The Morgan fingerprint density at radius 2 is 1.69 bits per heavy atom. The Kier molecular flexibility index (Phi) is 7.02. The number of rotatable bonds is 8. The summed E-state index contributed by atoms with van der Waals surface area (Å²) >= 11 is 1.28. The maximum absolute atomic E-state index is 12.7. The van der Waals surface area contributed by atoms with Gasteiger partial charge < -0.3 is 19.5 Å². The first kappa shape index (κ1) is 23.5. The van der Waals surface area contributed by atoms with Crippen molar-refractivity contribution in [2.24, 2.45) is 0 Å². The Bertz CT molecular complexity index is 1270. The summed E-state index contributed by atoms with van der Waals surface area (Å²) in [6, 6.07) is 9.89. The smallest absolute Gasteiger partial charge is 0.348 e. The molecular weight excluding hydrogens is 456 g/mol. The van der Waals surface area contributed by atoms with E-state index in [4.69, 9.17) is 14.2 Å². The van der Waals surface area contributed by atoms with Gasteiger partial charge in [0.1, 0.15) is 4.88 Å². The number of methoxy groups -OCH3 is 3. The normalized spacial score (nSPS) is 12.2. The van der Waals surface area contributed by atoms with Crippen molar-refractivity contribution in [3.8, 4) is 11.5 Å². The van der Waals surface area contributed by atoms with Gasteiger partial charge in [-0.25, -0.2) is 13.2 Å². The van der Waals surface area contributed by atoms with E-state index in [9.17, 15) is 18.0 Å². The number of esters is 1. The van der Waals surface area contributed by atoms with Crippen LogP contribution in [-0.2, 0) is 19.6 Å². The molecule has 0 radical (unpaired) electrons. The van der Waals surface area contributed by atoms with E-state index in [0.29, 0.717) is 16.3 Å². The molecule has 0 unspecified atom stereocenters. The molecule has 1 amide bonds. The highest BCUT2D eigenvalue weighted by Crippen LogP contribution is 2.30. The lowest BCUT2D eigenvalue weighted by Gasteiger charge is -2.15. The maximum atomic E-state index is 12.7. The highest BCUT2D eigenvalue weighted by Gasteiger charge is 2.23. The fourth-order valence-electron chi connectivity index (χ4n) is 2.91. The van der Waals surface area contributed by atoms with Gasteiger partial charge in [-0.15, -0.1) is 11.3 Å². The van der Waals surface area contributed by atoms with E-state index in [1.165, 1.54) is 57.8 Å². The van der Waals surface area contributed by atoms with Gasteiger partial charge >= 0.3 is 5.97 Å². The van der Waals surface area contributed by atoms with Crippen LogP contribution in [0.5, 0.6) is 11.5 Å². The lowest BCUT2D eigenvalue weighted by Crippen LogP contribution is -2.41. The Morgan fingerprint density at radius 1 is 0.969 bits per heavy atom. The molecule has 0 aliphatic rings. The monoisotopic (exact) mass is 478 g/mol. The van der Waals surface area contributed by atoms with Gasteiger partial charge in [0, 0.05) is 16.5 Å². The molecule has 0 saturated heterocycles. The molecule has 3 rings (SSSR count). The standard InChI is InChI=1S/C21H22N2O7S2/c1-12(23-32(26,27)15-6-7-16(28-2)17(11-15)29-3)20(24)22-14-5-8-18-13(9-14)10-19(31-18)21(25)30-4/h5-12,23H,1-4H3,(H,22,24)/t12-/m0/s1. The first-order valence-electron chi connectivity index (χ1n) is 9.35. The summed E-state index contributed by atoms with van der Waals surface area (Å²) in [5.41, 5.74) is 0.467. The SMILES string of the molecule is COC(=O)c1cc2cc(NC(=O)[C@H](C)NS(=O)(=O)c3ccc(OC)c(OC)c3)ccc2s1. The molecule has 1 aromatic heterocycles.